The molecular formula is C15H21NO2. The molecule has 0 aliphatic carbocycles. The summed E-state index contributed by atoms with van der Waals surface area (Å²) in [7, 11) is 0. The highest BCUT2D eigenvalue weighted by molar-refractivity contribution is 6.43. The van der Waals surface area contributed by atoms with Crippen molar-refractivity contribution in [3.8, 4) is 0 Å². The van der Waals surface area contributed by atoms with Gasteiger partial charge < -0.3 is 4.90 Å². The summed E-state index contributed by atoms with van der Waals surface area (Å²) in [6, 6.07) is 7.22. The van der Waals surface area contributed by atoms with E-state index in [0.717, 1.165) is 5.56 Å². The average molecular weight is 247 g/mol. The third kappa shape index (κ3) is 2.97. The number of nitrogens with zero attached hydrogens (tertiary/aromatic N) is 1. The molecule has 0 N–H and O–H groups in total. The molecule has 0 radical (unpaired) electrons. The molecule has 98 valence electrons. The molecule has 3 heteroatoms. The summed E-state index contributed by atoms with van der Waals surface area (Å²) in [6.07, 6.45) is 0. The van der Waals surface area contributed by atoms with Gasteiger partial charge in [0.2, 0.25) is 0 Å². The van der Waals surface area contributed by atoms with Crippen LogP contribution in [0.2, 0.25) is 0 Å². The van der Waals surface area contributed by atoms with Gasteiger partial charge in [-0.25, -0.2) is 0 Å². The molecule has 0 spiro atoms. The summed E-state index contributed by atoms with van der Waals surface area (Å²) in [5.74, 6) is -0.843. The minimum absolute atomic E-state index is 0.0190. The van der Waals surface area contributed by atoms with E-state index in [4.69, 9.17) is 0 Å². The van der Waals surface area contributed by atoms with Crippen LogP contribution in [0.25, 0.3) is 0 Å². The summed E-state index contributed by atoms with van der Waals surface area (Å²) >= 11 is 0. The number of rotatable bonds is 4. The van der Waals surface area contributed by atoms with E-state index in [0.29, 0.717) is 5.56 Å². The van der Waals surface area contributed by atoms with Crippen molar-refractivity contribution < 1.29 is 9.59 Å². The molecule has 1 aromatic rings. The van der Waals surface area contributed by atoms with Crippen molar-refractivity contribution in [3.05, 3.63) is 35.4 Å². The molecular weight excluding hydrogens is 226 g/mol. The fourth-order valence-electron chi connectivity index (χ4n) is 2.13. The Kier molecular flexibility index (Phi) is 4.65. The molecule has 1 rings (SSSR count). The van der Waals surface area contributed by atoms with Gasteiger partial charge in [0.15, 0.2) is 0 Å². The molecule has 0 aliphatic heterocycles. The van der Waals surface area contributed by atoms with Gasteiger partial charge in [-0.1, -0.05) is 24.3 Å². The van der Waals surface area contributed by atoms with Crippen molar-refractivity contribution in [1.29, 1.82) is 0 Å². The molecule has 0 bridgehead atoms. The van der Waals surface area contributed by atoms with Gasteiger partial charge in [0.25, 0.3) is 11.7 Å². The third-order valence-corrected chi connectivity index (χ3v) is 2.93. The Morgan fingerprint density at radius 3 is 1.94 bits per heavy atom. The fourth-order valence-corrected chi connectivity index (χ4v) is 2.13. The Balaban J connectivity index is 3.04. The first-order valence-electron chi connectivity index (χ1n) is 6.29. The first-order valence-corrected chi connectivity index (χ1v) is 6.29. The lowest BCUT2D eigenvalue weighted by Crippen LogP contribution is -2.45. The van der Waals surface area contributed by atoms with E-state index in [9.17, 15) is 9.59 Å². The van der Waals surface area contributed by atoms with Crippen LogP contribution in [0.4, 0.5) is 0 Å². The first kappa shape index (κ1) is 14.4. The fraction of sp³-hybridized carbons (Fsp3) is 0.467. The van der Waals surface area contributed by atoms with Gasteiger partial charge in [-0.15, -0.1) is 0 Å². The van der Waals surface area contributed by atoms with Crippen LogP contribution >= 0.6 is 0 Å². The summed E-state index contributed by atoms with van der Waals surface area (Å²) < 4.78 is 0. The molecule has 1 aromatic carbocycles. The van der Waals surface area contributed by atoms with Crippen LogP contribution in [-0.2, 0) is 4.79 Å². The monoisotopic (exact) mass is 247 g/mol. The van der Waals surface area contributed by atoms with Crippen molar-refractivity contribution in [2.75, 3.05) is 0 Å². The van der Waals surface area contributed by atoms with E-state index in [-0.39, 0.29) is 12.1 Å². The standard InChI is InChI=1S/C15H21NO2/c1-10(2)16(11(3)4)15(18)14(17)13-9-7-6-8-12(13)5/h6-11H,1-5H3. The topological polar surface area (TPSA) is 37.4 Å². The maximum absolute atomic E-state index is 12.3. The van der Waals surface area contributed by atoms with Crippen molar-refractivity contribution >= 4 is 11.7 Å². The quantitative estimate of drug-likeness (QED) is 0.606. The molecule has 0 fully saturated rings. The average Bonchev–Trinajstić information content (AvgIpc) is 2.27. The summed E-state index contributed by atoms with van der Waals surface area (Å²) in [4.78, 5) is 26.1. The zero-order chi connectivity index (χ0) is 13.9. The van der Waals surface area contributed by atoms with Crippen LogP contribution in [0.5, 0.6) is 0 Å². The highest BCUT2D eigenvalue weighted by atomic mass is 16.2. The largest absolute Gasteiger partial charge is 0.331 e. The second-order valence-corrected chi connectivity index (χ2v) is 5.04. The summed E-state index contributed by atoms with van der Waals surface area (Å²) in [6.45, 7) is 9.52. The van der Waals surface area contributed by atoms with E-state index in [1.807, 2.05) is 46.8 Å². The number of carbonyl (C=O) groups excluding carboxylic acids is 2. The lowest BCUT2D eigenvalue weighted by molar-refractivity contribution is -0.129. The molecule has 0 unspecified atom stereocenters. The van der Waals surface area contributed by atoms with Crippen LogP contribution < -0.4 is 0 Å². The van der Waals surface area contributed by atoms with Crippen molar-refractivity contribution in [2.24, 2.45) is 0 Å². The lowest BCUT2D eigenvalue weighted by atomic mass is 10.0. The second-order valence-electron chi connectivity index (χ2n) is 5.04. The molecule has 0 saturated heterocycles. The van der Waals surface area contributed by atoms with Crippen LogP contribution in [0.3, 0.4) is 0 Å². The van der Waals surface area contributed by atoms with Gasteiger partial charge in [-0.05, 0) is 40.2 Å². The number of amides is 1. The Morgan fingerprint density at radius 1 is 1.00 bits per heavy atom. The highest BCUT2D eigenvalue weighted by Gasteiger charge is 2.27. The Bertz CT molecular complexity index is 442. The van der Waals surface area contributed by atoms with Gasteiger partial charge in [0.1, 0.15) is 0 Å². The van der Waals surface area contributed by atoms with Crippen LogP contribution in [0.1, 0.15) is 43.6 Å². The van der Waals surface area contributed by atoms with Crippen LogP contribution in [-0.4, -0.2) is 28.7 Å². The maximum atomic E-state index is 12.3. The van der Waals surface area contributed by atoms with E-state index in [2.05, 4.69) is 0 Å². The second kappa shape index (κ2) is 5.80. The molecule has 0 saturated carbocycles. The number of hydrogen-bond donors (Lipinski definition) is 0. The summed E-state index contributed by atoms with van der Waals surface area (Å²) in [5.41, 5.74) is 1.33. The molecule has 18 heavy (non-hydrogen) atoms. The number of Topliss-reactive ketones (excluding diaryl/α,β-unsaturated/α-hetero) is 1. The number of aryl methyl sites for hydroxylation is 1. The molecule has 0 heterocycles. The zero-order valence-corrected chi connectivity index (χ0v) is 11.7. The highest BCUT2D eigenvalue weighted by Crippen LogP contribution is 2.13. The maximum Gasteiger partial charge on any atom is 0.295 e. The van der Waals surface area contributed by atoms with Crippen LogP contribution in [0.15, 0.2) is 24.3 Å². The number of hydrogen-bond acceptors (Lipinski definition) is 2. The molecule has 1 amide bonds. The molecule has 3 nitrogen and oxygen atoms in total. The molecule has 0 aliphatic rings. The van der Waals surface area contributed by atoms with Gasteiger partial charge >= 0.3 is 0 Å². The normalized spacial score (nSPS) is 10.8. The number of ketones is 1. The van der Waals surface area contributed by atoms with Crippen molar-refractivity contribution in [3.63, 3.8) is 0 Å². The van der Waals surface area contributed by atoms with E-state index in [1.54, 1.807) is 17.0 Å². The molecule has 0 atom stereocenters. The van der Waals surface area contributed by atoms with E-state index < -0.39 is 11.7 Å². The summed E-state index contributed by atoms with van der Waals surface area (Å²) in [5, 5.41) is 0. The lowest BCUT2D eigenvalue weighted by Gasteiger charge is -2.30. The minimum atomic E-state index is -0.422. The first-order chi connectivity index (χ1) is 8.36. The Labute approximate surface area is 109 Å². The van der Waals surface area contributed by atoms with Gasteiger partial charge in [0, 0.05) is 17.6 Å². The smallest absolute Gasteiger partial charge is 0.295 e. The zero-order valence-electron chi connectivity index (χ0n) is 11.7. The van der Waals surface area contributed by atoms with E-state index >= 15 is 0 Å². The van der Waals surface area contributed by atoms with Gasteiger partial charge in [-0.2, -0.15) is 0 Å². The molecule has 0 aromatic heterocycles. The van der Waals surface area contributed by atoms with Crippen molar-refractivity contribution in [2.45, 2.75) is 46.7 Å². The van der Waals surface area contributed by atoms with Crippen molar-refractivity contribution in [1.82, 2.24) is 4.90 Å². The number of carbonyl (C=O) groups is 2. The van der Waals surface area contributed by atoms with Gasteiger partial charge in [-0.3, -0.25) is 9.59 Å². The van der Waals surface area contributed by atoms with Crippen LogP contribution in [0, 0.1) is 6.92 Å². The third-order valence-electron chi connectivity index (χ3n) is 2.93. The van der Waals surface area contributed by atoms with E-state index in [1.165, 1.54) is 0 Å². The minimum Gasteiger partial charge on any atom is -0.331 e. The number of benzene rings is 1. The Morgan fingerprint density at radius 2 is 1.50 bits per heavy atom. The SMILES string of the molecule is Cc1ccccc1C(=O)C(=O)N(C(C)C)C(C)C. The predicted octanol–water partition coefficient (Wildman–Crippen LogP) is 2.82. The van der Waals surface area contributed by atoms with Gasteiger partial charge in [0.05, 0.1) is 0 Å². The predicted molar refractivity (Wildman–Crippen MR) is 72.6 cm³/mol. The Hall–Kier alpha value is -1.64.